The van der Waals surface area contributed by atoms with E-state index in [2.05, 4.69) is 31.0 Å². The van der Waals surface area contributed by atoms with Gasteiger partial charge in [-0.25, -0.2) is 0 Å². The van der Waals surface area contributed by atoms with Gasteiger partial charge in [-0.3, -0.25) is 14.5 Å². The van der Waals surface area contributed by atoms with E-state index in [0.717, 1.165) is 13.1 Å². The lowest BCUT2D eigenvalue weighted by atomic mass is 9.95. The molecule has 2 atom stereocenters. The Morgan fingerprint density at radius 3 is 2.73 bits per heavy atom. The van der Waals surface area contributed by atoms with Gasteiger partial charge < -0.3 is 15.0 Å². The molecule has 1 aromatic carbocycles. The summed E-state index contributed by atoms with van der Waals surface area (Å²) < 4.78 is 5.67. The van der Waals surface area contributed by atoms with Gasteiger partial charge in [0.1, 0.15) is 6.61 Å². The van der Waals surface area contributed by atoms with Gasteiger partial charge in [-0.05, 0) is 32.0 Å². The number of carbonyl (C=O) groups is 2. The quantitative estimate of drug-likeness (QED) is 0.870. The van der Waals surface area contributed by atoms with Crippen molar-refractivity contribution in [3.05, 3.63) is 34.9 Å². The predicted octanol–water partition coefficient (Wildman–Crippen LogP) is 1.84. The fraction of sp³-hybridized carbons (Fsp3) is 0.579. The van der Waals surface area contributed by atoms with E-state index < -0.39 is 12.1 Å². The van der Waals surface area contributed by atoms with Crippen LogP contribution in [0.25, 0.3) is 0 Å². The number of carbonyl (C=O) groups excluding carboxylic acids is 2. The largest absolute Gasteiger partial charge is 0.356 e. The second-order valence-electron chi connectivity index (χ2n) is 7.45. The lowest BCUT2D eigenvalue weighted by molar-refractivity contribution is -0.158. The summed E-state index contributed by atoms with van der Waals surface area (Å²) in [5.74, 6) is -0.339. The summed E-state index contributed by atoms with van der Waals surface area (Å²) in [5, 5.41) is 3.39. The Kier molecular flexibility index (Phi) is 5.55. The van der Waals surface area contributed by atoms with Crippen LogP contribution in [-0.4, -0.2) is 66.0 Å². The number of nitrogens with zero attached hydrogens (tertiary/aromatic N) is 2. The number of morpholine rings is 1. The van der Waals surface area contributed by atoms with Gasteiger partial charge in [-0.1, -0.05) is 36.7 Å². The molecule has 2 aliphatic rings. The van der Waals surface area contributed by atoms with Gasteiger partial charge in [0.25, 0.3) is 5.91 Å². The Balaban J connectivity index is 1.83. The maximum absolute atomic E-state index is 13.2. The Bertz CT molecular complexity index is 694. The summed E-state index contributed by atoms with van der Waals surface area (Å²) in [4.78, 5) is 29.3. The summed E-state index contributed by atoms with van der Waals surface area (Å²) in [6, 6.07) is 6.65. The number of likely N-dealkylation sites (N-methyl/N-ethyl adjacent to an activating group) is 1. The van der Waals surface area contributed by atoms with Crippen LogP contribution in [0.1, 0.15) is 32.4 Å². The molecule has 1 aromatic rings. The average molecular weight is 380 g/mol. The molecule has 1 N–H and O–H groups in total. The number of amides is 2. The summed E-state index contributed by atoms with van der Waals surface area (Å²) in [5.41, 5.74) is 0.604. The zero-order chi connectivity index (χ0) is 18.9. The van der Waals surface area contributed by atoms with E-state index in [1.807, 2.05) is 23.1 Å². The highest BCUT2D eigenvalue weighted by Gasteiger charge is 2.42. The van der Waals surface area contributed by atoms with Crippen LogP contribution in [0.15, 0.2) is 24.3 Å². The number of ether oxygens (including phenoxy) is 1. The van der Waals surface area contributed by atoms with Gasteiger partial charge in [-0.2, -0.15) is 0 Å². The highest BCUT2D eigenvalue weighted by Crippen LogP contribution is 2.30. The third-order valence-corrected chi connectivity index (χ3v) is 5.61. The maximum Gasteiger partial charge on any atom is 0.254 e. The first-order chi connectivity index (χ1) is 12.3. The van der Waals surface area contributed by atoms with Crippen LogP contribution in [0.4, 0.5) is 0 Å². The Hall–Kier alpha value is -1.63. The maximum atomic E-state index is 13.2. The number of nitrogens with one attached hydrogen (secondary N) is 1. The molecular weight excluding hydrogens is 354 g/mol. The summed E-state index contributed by atoms with van der Waals surface area (Å²) in [6.45, 7) is 9.36. The van der Waals surface area contributed by atoms with E-state index in [1.165, 1.54) is 0 Å². The fourth-order valence-electron chi connectivity index (χ4n) is 3.88. The van der Waals surface area contributed by atoms with Crippen LogP contribution >= 0.6 is 11.6 Å². The SMILES string of the molecule is CCN1CCN(C(=O)[C@H]2OCC(=O)N[C@@H]2c2ccccc2Cl)CC1(C)C. The average Bonchev–Trinajstić information content (AvgIpc) is 2.60. The van der Waals surface area contributed by atoms with Crippen molar-refractivity contribution in [3.63, 3.8) is 0 Å². The van der Waals surface area contributed by atoms with Gasteiger partial charge in [0.15, 0.2) is 6.10 Å². The van der Waals surface area contributed by atoms with Crippen molar-refractivity contribution in [2.24, 2.45) is 0 Å². The molecule has 2 heterocycles. The molecule has 0 bridgehead atoms. The molecule has 2 saturated heterocycles. The lowest BCUT2D eigenvalue weighted by Crippen LogP contribution is -2.63. The van der Waals surface area contributed by atoms with Crippen molar-refractivity contribution in [2.75, 3.05) is 32.8 Å². The standard InChI is InChI=1S/C19H26ClN3O3/c1-4-23-10-9-22(12-19(23,2)3)18(25)17-16(21-15(24)11-26-17)13-7-5-6-8-14(13)20/h5-8,16-17H,4,9-12H2,1-3H3,(H,21,24)/t16-,17+/m1/s1. The van der Waals surface area contributed by atoms with E-state index in [4.69, 9.17) is 16.3 Å². The van der Waals surface area contributed by atoms with Crippen molar-refractivity contribution in [2.45, 2.75) is 38.5 Å². The zero-order valence-corrected chi connectivity index (χ0v) is 16.3. The molecule has 0 radical (unpaired) electrons. The van der Waals surface area contributed by atoms with E-state index in [-0.39, 0.29) is 24.0 Å². The molecule has 2 aliphatic heterocycles. The molecule has 26 heavy (non-hydrogen) atoms. The van der Waals surface area contributed by atoms with Crippen LogP contribution in [0.5, 0.6) is 0 Å². The lowest BCUT2D eigenvalue weighted by Gasteiger charge is -2.48. The molecule has 0 aromatic heterocycles. The van der Waals surface area contributed by atoms with Gasteiger partial charge >= 0.3 is 0 Å². The van der Waals surface area contributed by atoms with Crippen LogP contribution in [0, 0.1) is 0 Å². The summed E-state index contributed by atoms with van der Waals surface area (Å²) in [6.07, 6.45) is -0.767. The molecule has 6 nitrogen and oxygen atoms in total. The molecule has 7 heteroatoms. The van der Waals surface area contributed by atoms with Crippen molar-refractivity contribution in [1.29, 1.82) is 0 Å². The molecular formula is C19H26ClN3O3. The van der Waals surface area contributed by atoms with E-state index >= 15 is 0 Å². The second kappa shape index (κ2) is 7.55. The third-order valence-electron chi connectivity index (χ3n) is 5.26. The topological polar surface area (TPSA) is 61.9 Å². The van der Waals surface area contributed by atoms with Crippen molar-refractivity contribution in [3.8, 4) is 0 Å². The first-order valence-corrected chi connectivity index (χ1v) is 9.40. The highest BCUT2D eigenvalue weighted by atomic mass is 35.5. The zero-order valence-electron chi connectivity index (χ0n) is 15.5. The first-order valence-electron chi connectivity index (χ1n) is 9.02. The van der Waals surface area contributed by atoms with Gasteiger partial charge in [0.2, 0.25) is 5.91 Å². The van der Waals surface area contributed by atoms with Crippen molar-refractivity contribution < 1.29 is 14.3 Å². The van der Waals surface area contributed by atoms with Crippen LogP contribution in [0.3, 0.4) is 0 Å². The monoisotopic (exact) mass is 379 g/mol. The van der Waals surface area contributed by atoms with Crippen LogP contribution in [-0.2, 0) is 14.3 Å². The second-order valence-corrected chi connectivity index (χ2v) is 7.86. The number of rotatable bonds is 3. The molecule has 0 unspecified atom stereocenters. The molecule has 3 rings (SSSR count). The van der Waals surface area contributed by atoms with Gasteiger partial charge in [0, 0.05) is 30.2 Å². The van der Waals surface area contributed by atoms with Gasteiger partial charge in [0.05, 0.1) is 6.04 Å². The van der Waals surface area contributed by atoms with Gasteiger partial charge in [-0.15, -0.1) is 0 Å². The summed E-state index contributed by atoms with van der Waals surface area (Å²) >= 11 is 6.31. The number of hydrogen-bond donors (Lipinski definition) is 1. The Labute approximate surface area is 159 Å². The Morgan fingerprint density at radius 1 is 1.35 bits per heavy atom. The first kappa shape index (κ1) is 19.1. The Morgan fingerprint density at radius 2 is 2.08 bits per heavy atom. The van der Waals surface area contributed by atoms with Crippen LogP contribution < -0.4 is 5.32 Å². The molecule has 2 fully saturated rings. The number of piperazine rings is 1. The normalized spacial score (nSPS) is 26.5. The van der Waals surface area contributed by atoms with Crippen molar-refractivity contribution in [1.82, 2.24) is 15.1 Å². The minimum absolute atomic E-state index is 0.0968. The smallest absolute Gasteiger partial charge is 0.254 e. The molecule has 0 aliphatic carbocycles. The molecule has 142 valence electrons. The van der Waals surface area contributed by atoms with Crippen molar-refractivity contribution >= 4 is 23.4 Å². The highest BCUT2D eigenvalue weighted by molar-refractivity contribution is 6.31. The molecule has 2 amide bonds. The van der Waals surface area contributed by atoms with E-state index in [0.29, 0.717) is 23.7 Å². The predicted molar refractivity (Wildman–Crippen MR) is 100.0 cm³/mol. The number of halogens is 1. The molecule has 0 saturated carbocycles. The van der Waals surface area contributed by atoms with E-state index in [9.17, 15) is 9.59 Å². The number of benzene rings is 1. The third kappa shape index (κ3) is 3.72. The van der Waals surface area contributed by atoms with Crippen LogP contribution in [0.2, 0.25) is 5.02 Å². The van der Waals surface area contributed by atoms with E-state index in [1.54, 1.807) is 6.07 Å². The molecule has 0 spiro atoms. The number of hydrogen-bond acceptors (Lipinski definition) is 4. The summed E-state index contributed by atoms with van der Waals surface area (Å²) in [7, 11) is 0. The minimum atomic E-state index is -0.767. The fourth-order valence-corrected chi connectivity index (χ4v) is 4.13. The minimum Gasteiger partial charge on any atom is -0.356 e.